The topological polar surface area (TPSA) is 47.0 Å². The van der Waals surface area contributed by atoms with E-state index in [4.69, 9.17) is 4.74 Å². The molecule has 4 nitrogen and oxygen atoms in total. The quantitative estimate of drug-likeness (QED) is 0.843. The first-order chi connectivity index (χ1) is 8.35. The fraction of sp³-hybridized carbons (Fsp3) is 0.714. The highest BCUT2D eigenvalue weighted by Gasteiger charge is 2.23. The summed E-state index contributed by atoms with van der Waals surface area (Å²) in [5.41, 5.74) is 1.55. The molecule has 1 N–H and O–H groups in total. The van der Waals surface area contributed by atoms with E-state index in [9.17, 15) is 0 Å². The molecular formula is C14H25N3O. The molecule has 0 spiro atoms. The Balaban J connectivity index is 2.81. The number of nitrogens with one attached hydrogen (secondary N) is 1. The molecule has 0 aliphatic rings. The molecule has 0 radical (unpaired) electrons. The zero-order valence-corrected chi connectivity index (χ0v) is 12.4. The van der Waals surface area contributed by atoms with Crippen LogP contribution in [0.1, 0.15) is 44.9 Å². The third kappa shape index (κ3) is 4.35. The molecule has 0 saturated heterocycles. The molecule has 0 bridgehead atoms. The number of aromatic nitrogens is 2. The van der Waals surface area contributed by atoms with Gasteiger partial charge in [0.25, 0.3) is 0 Å². The van der Waals surface area contributed by atoms with Gasteiger partial charge in [-0.1, -0.05) is 13.8 Å². The van der Waals surface area contributed by atoms with Crippen molar-refractivity contribution in [2.75, 3.05) is 13.7 Å². The highest BCUT2D eigenvalue weighted by Crippen LogP contribution is 2.20. The Morgan fingerprint density at radius 1 is 1.33 bits per heavy atom. The number of methoxy groups -OCH3 is 1. The van der Waals surface area contributed by atoms with Gasteiger partial charge in [0.15, 0.2) is 5.82 Å². The lowest BCUT2D eigenvalue weighted by Gasteiger charge is -2.22. The van der Waals surface area contributed by atoms with E-state index in [-0.39, 0.29) is 0 Å². The van der Waals surface area contributed by atoms with Crippen LogP contribution in [0.5, 0.6) is 0 Å². The lowest BCUT2D eigenvalue weighted by molar-refractivity contribution is 0.0111. The van der Waals surface area contributed by atoms with Gasteiger partial charge in [-0.2, -0.15) is 0 Å². The van der Waals surface area contributed by atoms with Crippen LogP contribution < -0.4 is 5.32 Å². The first-order valence-electron chi connectivity index (χ1n) is 6.46. The van der Waals surface area contributed by atoms with E-state index < -0.39 is 5.60 Å². The van der Waals surface area contributed by atoms with Crippen LogP contribution in [0.4, 0.5) is 0 Å². The Kier molecular flexibility index (Phi) is 5.23. The van der Waals surface area contributed by atoms with Crippen LogP contribution in [0.25, 0.3) is 0 Å². The lowest BCUT2D eigenvalue weighted by Crippen LogP contribution is -2.25. The summed E-state index contributed by atoms with van der Waals surface area (Å²) in [5, 5.41) is 3.39. The molecule has 0 aromatic carbocycles. The Morgan fingerprint density at radius 2 is 2.00 bits per heavy atom. The van der Waals surface area contributed by atoms with Crippen LogP contribution in [0.15, 0.2) is 6.07 Å². The molecule has 0 atom stereocenters. The fourth-order valence-electron chi connectivity index (χ4n) is 1.57. The Morgan fingerprint density at radius 3 is 2.56 bits per heavy atom. The first kappa shape index (κ1) is 15.1. The van der Waals surface area contributed by atoms with Gasteiger partial charge in [0.2, 0.25) is 0 Å². The van der Waals surface area contributed by atoms with Crippen molar-refractivity contribution >= 4 is 0 Å². The van der Waals surface area contributed by atoms with Gasteiger partial charge < -0.3 is 10.1 Å². The molecule has 4 heteroatoms. The SMILES string of the molecule is COC(C)(C)c1nc(C)cc(CNCC(C)C)n1. The molecule has 0 amide bonds. The van der Waals surface area contributed by atoms with Gasteiger partial charge in [0.1, 0.15) is 5.60 Å². The van der Waals surface area contributed by atoms with Crippen molar-refractivity contribution in [3.8, 4) is 0 Å². The summed E-state index contributed by atoms with van der Waals surface area (Å²) in [7, 11) is 1.68. The maximum atomic E-state index is 5.43. The molecular weight excluding hydrogens is 226 g/mol. The standard InChI is InChI=1S/C14H25N3O/c1-10(2)8-15-9-12-7-11(3)16-13(17-12)14(4,5)18-6/h7,10,15H,8-9H2,1-6H3. The van der Waals surface area contributed by atoms with Gasteiger partial charge in [-0.25, -0.2) is 9.97 Å². The number of ether oxygens (including phenoxy) is 1. The second-order valence-corrected chi connectivity index (χ2v) is 5.56. The summed E-state index contributed by atoms with van der Waals surface area (Å²) < 4.78 is 5.43. The molecule has 0 saturated carbocycles. The van der Waals surface area contributed by atoms with E-state index in [0.717, 1.165) is 30.3 Å². The number of aryl methyl sites for hydroxylation is 1. The predicted octanol–water partition coefficient (Wildman–Crippen LogP) is 2.41. The Labute approximate surface area is 110 Å². The summed E-state index contributed by atoms with van der Waals surface area (Å²) in [6.07, 6.45) is 0. The molecule has 1 aromatic heterocycles. The van der Waals surface area contributed by atoms with Gasteiger partial charge in [0, 0.05) is 19.3 Å². The van der Waals surface area contributed by atoms with E-state index in [1.165, 1.54) is 0 Å². The largest absolute Gasteiger partial charge is 0.371 e. The maximum Gasteiger partial charge on any atom is 0.160 e. The van der Waals surface area contributed by atoms with Crippen molar-refractivity contribution in [3.05, 3.63) is 23.3 Å². The van der Waals surface area contributed by atoms with Crippen molar-refractivity contribution in [2.45, 2.75) is 46.8 Å². The molecule has 0 aliphatic carbocycles. The van der Waals surface area contributed by atoms with Crippen molar-refractivity contribution in [3.63, 3.8) is 0 Å². The van der Waals surface area contributed by atoms with Crippen LogP contribution >= 0.6 is 0 Å². The highest BCUT2D eigenvalue weighted by atomic mass is 16.5. The van der Waals surface area contributed by atoms with Crippen molar-refractivity contribution in [1.82, 2.24) is 15.3 Å². The first-order valence-corrected chi connectivity index (χ1v) is 6.46. The summed E-state index contributed by atoms with van der Waals surface area (Å²) >= 11 is 0. The van der Waals surface area contributed by atoms with E-state index in [0.29, 0.717) is 5.92 Å². The third-order valence-electron chi connectivity index (χ3n) is 2.81. The maximum absolute atomic E-state index is 5.43. The molecule has 18 heavy (non-hydrogen) atoms. The third-order valence-corrected chi connectivity index (χ3v) is 2.81. The molecule has 1 aromatic rings. The number of rotatable bonds is 6. The summed E-state index contributed by atoms with van der Waals surface area (Å²) in [6, 6.07) is 2.02. The number of hydrogen-bond donors (Lipinski definition) is 1. The molecule has 102 valence electrons. The monoisotopic (exact) mass is 251 g/mol. The van der Waals surface area contributed by atoms with E-state index in [2.05, 4.69) is 29.1 Å². The fourth-order valence-corrected chi connectivity index (χ4v) is 1.57. The lowest BCUT2D eigenvalue weighted by atomic mass is 10.1. The second-order valence-electron chi connectivity index (χ2n) is 5.56. The molecule has 1 heterocycles. The molecule has 0 unspecified atom stereocenters. The summed E-state index contributed by atoms with van der Waals surface area (Å²) in [6.45, 7) is 12.1. The van der Waals surface area contributed by atoms with E-state index >= 15 is 0 Å². The van der Waals surface area contributed by atoms with Gasteiger partial charge in [-0.3, -0.25) is 0 Å². The minimum atomic E-state index is -0.446. The van der Waals surface area contributed by atoms with E-state index in [1.807, 2.05) is 26.8 Å². The van der Waals surface area contributed by atoms with Crippen LogP contribution in [-0.2, 0) is 16.9 Å². The molecule has 0 fully saturated rings. The Hall–Kier alpha value is -1.00. The normalized spacial score (nSPS) is 12.2. The van der Waals surface area contributed by atoms with Crippen LogP contribution in [0.3, 0.4) is 0 Å². The number of hydrogen-bond acceptors (Lipinski definition) is 4. The predicted molar refractivity (Wildman–Crippen MR) is 73.3 cm³/mol. The zero-order valence-electron chi connectivity index (χ0n) is 12.4. The van der Waals surface area contributed by atoms with Crippen molar-refractivity contribution in [1.29, 1.82) is 0 Å². The van der Waals surface area contributed by atoms with Crippen molar-refractivity contribution in [2.24, 2.45) is 5.92 Å². The number of nitrogens with zero attached hydrogens (tertiary/aromatic N) is 2. The van der Waals surface area contributed by atoms with Gasteiger partial charge >= 0.3 is 0 Å². The second kappa shape index (κ2) is 6.25. The molecule has 1 rings (SSSR count). The van der Waals surface area contributed by atoms with Crippen molar-refractivity contribution < 1.29 is 4.74 Å². The Bertz CT molecular complexity index is 389. The van der Waals surface area contributed by atoms with E-state index in [1.54, 1.807) is 7.11 Å². The minimum Gasteiger partial charge on any atom is -0.371 e. The highest BCUT2D eigenvalue weighted by molar-refractivity contribution is 5.13. The van der Waals surface area contributed by atoms with Gasteiger partial charge in [0.05, 0.1) is 5.69 Å². The average Bonchev–Trinajstić information content (AvgIpc) is 2.27. The van der Waals surface area contributed by atoms with Gasteiger partial charge in [-0.05, 0) is 39.3 Å². The van der Waals surface area contributed by atoms with Gasteiger partial charge in [-0.15, -0.1) is 0 Å². The molecule has 0 aliphatic heterocycles. The van der Waals surface area contributed by atoms with Crippen LogP contribution in [-0.4, -0.2) is 23.6 Å². The average molecular weight is 251 g/mol. The van der Waals surface area contributed by atoms with Crippen LogP contribution in [0, 0.1) is 12.8 Å². The zero-order chi connectivity index (χ0) is 13.8. The summed E-state index contributed by atoms with van der Waals surface area (Å²) in [5.74, 6) is 1.38. The minimum absolute atomic E-state index is 0.446. The van der Waals surface area contributed by atoms with Crippen LogP contribution in [0.2, 0.25) is 0 Å². The summed E-state index contributed by atoms with van der Waals surface area (Å²) in [4.78, 5) is 9.03. The smallest absolute Gasteiger partial charge is 0.160 e.